The van der Waals surface area contributed by atoms with Crippen LogP contribution in [0, 0.1) is 0 Å². The van der Waals surface area contributed by atoms with Gasteiger partial charge in [-0.25, -0.2) is 9.59 Å². The number of carbonyl (C=O) groups is 3. The summed E-state index contributed by atoms with van der Waals surface area (Å²) in [6, 6.07) is 2.26. The summed E-state index contributed by atoms with van der Waals surface area (Å²) in [5.41, 5.74) is 0.322. The summed E-state index contributed by atoms with van der Waals surface area (Å²) in [5, 5.41) is 9.46. The SMILES string of the molecule is CC(C)(C)OC(=O)N1CCN(c2ccc(C=O)nc2)C[C@H]1C(=O)O. The molecule has 24 heavy (non-hydrogen) atoms. The molecule has 8 heteroatoms. The van der Waals surface area contributed by atoms with Crippen molar-refractivity contribution in [1.29, 1.82) is 0 Å². The molecule has 1 aliphatic heterocycles. The Morgan fingerprint density at radius 3 is 2.54 bits per heavy atom. The standard InChI is InChI=1S/C16H21N3O5/c1-16(2,3)24-15(23)19-7-6-18(9-13(19)14(21)22)12-5-4-11(10-20)17-8-12/h4-5,8,10,13H,6-7,9H2,1-3H3,(H,21,22)/t13-/m0/s1. The van der Waals surface area contributed by atoms with Gasteiger partial charge in [0.25, 0.3) is 0 Å². The van der Waals surface area contributed by atoms with Crippen molar-refractivity contribution in [2.45, 2.75) is 32.4 Å². The van der Waals surface area contributed by atoms with Gasteiger partial charge in [0, 0.05) is 19.6 Å². The molecule has 1 aromatic rings. The lowest BCUT2D eigenvalue weighted by Crippen LogP contribution is -2.59. The maximum atomic E-state index is 12.2. The predicted molar refractivity (Wildman–Crippen MR) is 86.2 cm³/mol. The van der Waals surface area contributed by atoms with Gasteiger partial charge in [0.1, 0.15) is 17.3 Å². The summed E-state index contributed by atoms with van der Waals surface area (Å²) in [5.74, 6) is -1.09. The first-order valence-corrected chi connectivity index (χ1v) is 7.60. The number of carboxylic acids is 1. The summed E-state index contributed by atoms with van der Waals surface area (Å²) in [6.45, 7) is 5.99. The van der Waals surface area contributed by atoms with Crippen molar-refractivity contribution in [3.8, 4) is 0 Å². The van der Waals surface area contributed by atoms with E-state index in [1.807, 2.05) is 4.90 Å². The molecule has 0 unspecified atom stereocenters. The van der Waals surface area contributed by atoms with Crippen molar-refractivity contribution in [2.75, 3.05) is 24.5 Å². The summed E-state index contributed by atoms with van der Waals surface area (Å²) in [6.07, 6.45) is 1.53. The van der Waals surface area contributed by atoms with E-state index < -0.39 is 23.7 Å². The zero-order valence-corrected chi connectivity index (χ0v) is 13.9. The van der Waals surface area contributed by atoms with Gasteiger partial charge >= 0.3 is 12.1 Å². The van der Waals surface area contributed by atoms with Gasteiger partial charge in [-0.3, -0.25) is 14.7 Å². The second-order valence-electron chi connectivity index (χ2n) is 6.53. The molecule has 0 radical (unpaired) electrons. The maximum absolute atomic E-state index is 12.2. The average molecular weight is 335 g/mol. The Hall–Kier alpha value is -2.64. The second-order valence-corrected chi connectivity index (χ2v) is 6.53. The Labute approximate surface area is 140 Å². The molecular weight excluding hydrogens is 314 g/mol. The first kappa shape index (κ1) is 17.7. The number of aromatic nitrogens is 1. The smallest absolute Gasteiger partial charge is 0.411 e. The molecule has 1 aromatic heterocycles. The number of pyridine rings is 1. The number of nitrogens with zero attached hydrogens (tertiary/aromatic N) is 3. The molecule has 1 amide bonds. The molecule has 2 rings (SSSR count). The highest BCUT2D eigenvalue weighted by atomic mass is 16.6. The lowest BCUT2D eigenvalue weighted by atomic mass is 10.1. The summed E-state index contributed by atoms with van der Waals surface area (Å²) in [4.78, 5) is 41.5. The van der Waals surface area contributed by atoms with Gasteiger partial charge in [-0.2, -0.15) is 0 Å². The van der Waals surface area contributed by atoms with E-state index >= 15 is 0 Å². The van der Waals surface area contributed by atoms with Crippen LogP contribution in [0.5, 0.6) is 0 Å². The third-order valence-electron chi connectivity index (χ3n) is 3.55. The number of carbonyl (C=O) groups excluding carboxylic acids is 2. The molecule has 0 bridgehead atoms. The third kappa shape index (κ3) is 4.21. The molecule has 1 saturated heterocycles. The minimum atomic E-state index is -1.09. The molecule has 1 N–H and O–H groups in total. The van der Waals surface area contributed by atoms with E-state index in [0.717, 1.165) is 0 Å². The normalized spacial score (nSPS) is 18.2. The molecule has 0 aliphatic carbocycles. The number of amides is 1. The van der Waals surface area contributed by atoms with Crippen molar-refractivity contribution in [3.63, 3.8) is 0 Å². The van der Waals surface area contributed by atoms with Crippen molar-refractivity contribution < 1.29 is 24.2 Å². The van der Waals surface area contributed by atoms with Crippen LogP contribution >= 0.6 is 0 Å². The molecule has 1 fully saturated rings. The van der Waals surface area contributed by atoms with Gasteiger partial charge in [0.15, 0.2) is 6.29 Å². The lowest BCUT2D eigenvalue weighted by Gasteiger charge is -2.40. The molecule has 130 valence electrons. The fraction of sp³-hybridized carbons (Fsp3) is 0.500. The summed E-state index contributed by atoms with van der Waals surface area (Å²) in [7, 11) is 0. The van der Waals surface area contributed by atoms with Gasteiger partial charge in [-0.1, -0.05) is 0 Å². The quantitative estimate of drug-likeness (QED) is 0.833. The highest BCUT2D eigenvalue weighted by Gasteiger charge is 2.37. The number of hydrogen-bond acceptors (Lipinski definition) is 6. The van der Waals surface area contributed by atoms with Crippen LogP contribution in [0.3, 0.4) is 0 Å². The number of carboxylic acid groups (broad SMARTS) is 1. The highest BCUT2D eigenvalue weighted by Crippen LogP contribution is 2.21. The largest absolute Gasteiger partial charge is 0.480 e. The van der Waals surface area contributed by atoms with E-state index in [1.54, 1.807) is 32.9 Å². The number of ether oxygens (including phenoxy) is 1. The molecule has 1 atom stereocenters. The van der Waals surface area contributed by atoms with Crippen LogP contribution in [0.15, 0.2) is 18.3 Å². The van der Waals surface area contributed by atoms with Crippen molar-refractivity contribution in [1.82, 2.24) is 9.88 Å². The Morgan fingerprint density at radius 1 is 1.33 bits per heavy atom. The van der Waals surface area contributed by atoms with Crippen LogP contribution in [0.25, 0.3) is 0 Å². The highest BCUT2D eigenvalue weighted by molar-refractivity contribution is 5.81. The topological polar surface area (TPSA) is 100 Å². The van der Waals surface area contributed by atoms with E-state index in [2.05, 4.69) is 4.98 Å². The lowest BCUT2D eigenvalue weighted by molar-refractivity contribution is -0.143. The molecule has 1 aliphatic rings. The number of anilines is 1. The molecule has 2 heterocycles. The van der Waals surface area contributed by atoms with E-state index in [9.17, 15) is 19.5 Å². The van der Waals surface area contributed by atoms with Gasteiger partial charge in [0.05, 0.1) is 11.9 Å². The average Bonchev–Trinajstić information content (AvgIpc) is 2.52. The Morgan fingerprint density at radius 2 is 2.04 bits per heavy atom. The van der Waals surface area contributed by atoms with Crippen LogP contribution in [-0.4, -0.2) is 64.6 Å². The van der Waals surface area contributed by atoms with E-state index in [4.69, 9.17) is 4.74 Å². The number of hydrogen-bond donors (Lipinski definition) is 1. The van der Waals surface area contributed by atoms with Crippen LogP contribution in [-0.2, 0) is 9.53 Å². The van der Waals surface area contributed by atoms with Crippen LogP contribution in [0.2, 0.25) is 0 Å². The zero-order chi connectivity index (χ0) is 17.9. The van der Waals surface area contributed by atoms with Gasteiger partial charge in [0.2, 0.25) is 0 Å². The minimum Gasteiger partial charge on any atom is -0.480 e. The molecule has 8 nitrogen and oxygen atoms in total. The number of aliphatic carboxylic acids is 1. The predicted octanol–water partition coefficient (Wildman–Crippen LogP) is 1.40. The van der Waals surface area contributed by atoms with Gasteiger partial charge in [-0.05, 0) is 32.9 Å². The number of aldehydes is 1. The van der Waals surface area contributed by atoms with Crippen molar-refractivity contribution in [3.05, 3.63) is 24.0 Å². The van der Waals surface area contributed by atoms with Gasteiger partial charge in [-0.15, -0.1) is 0 Å². The molecular formula is C16H21N3O5. The third-order valence-corrected chi connectivity index (χ3v) is 3.55. The van der Waals surface area contributed by atoms with E-state index in [0.29, 0.717) is 24.2 Å². The Bertz CT molecular complexity index is 624. The second kappa shape index (κ2) is 6.86. The summed E-state index contributed by atoms with van der Waals surface area (Å²) < 4.78 is 5.28. The fourth-order valence-corrected chi connectivity index (χ4v) is 2.42. The van der Waals surface area contributed by atoms with Crippen LogP contribution < -0.4 is 4.90 Å². The first-order chi connectivity index (χ1) is 11.2. The Balaban J connectivity index is 2.13. The number of rotatable bonds is 3. The Kier molecular flexibility index (Phi) is 5.06. The first-order valence-electron chi connectivity index (χ1n) is 7.60. The van der Waals surface area contributed by atoms with Crippen LogP contribution in [0.1, 0.15) is 31.3 Å². The molecule has 0 saturated carbocycles. The van der Waals surface area contributed by atoms with Crippen LogP contribution in [0.4, 0.5) is 10.5 Å². The molecule has 0 aromatic carbocycles. The minimum absolute atomic E-state index is 0.122. The number of piperazine rings is 1. The van der Waals surface area contributed by atoms with Crippen molar-refractivity contribution in [2.24, 2.45) is 0 Å². The van der Waals surface area contributed by atoms with Crippen molar-refractivity contribution >= 4 is 24.0 Å². The summed E-state index contributed by atoms with van der Waals surface area (Å²) >= 11 is 0. The monoisotopic (exact) mass is 335 g/mol. The van der Waals surface area contributed by atoms with E-state index in [1.165, 1.54) is 11.1 Å². The fourth-order valence-electron chi connectivity index (χ4n) is 2.42. The van der Waals surface area contributed by atoms with E-state index in [-0.39, 0.29) is 13.1 Å². The van der Waals surface area contributed by atoms with Gasteiger partial charge < -0.3 is 14.7 Å². The zero-order valence-electron chi connectivity index (χ0n) is 13.9. The molecule has 0 spiro atoms. The maximum Gasteiger partial charge on any atom is 0.411 e.